The second-order valence-electron chi connectivity index (χ2n) is 5.54. The van der Waals surface area contributed by atoms with Crippen molar-refractivity contribution in [2.75, 3.05) is 5.32 Å². The lowest BCUT2D eigenvalue weighted by atomic mass is 10.2. The summed E-state index contributed by atoms with van der Waals surface area (Å²) in [5.74, 6) is -1.81. The third kappa shape index (κ3) is 3.84. The van der Waals surface area contributed by atoms with E-state index in [0.29, 0.717) is 16.7 Å². The summed E-state index contributed by atoms with van der Waals surface area (Å²) in [6.45, 7) is 1.87. The molecule has 7 nitrogen and oxygen atoms in total. The van der Waals surface area contributed by atoms with Gasteiger partial charge in [-0.3, -0.25) is 14.4 Å². The van der Waals surface area contributed by atoms with Gasteiger partial charge < -0.3 is 9.73 Å². The van der Waals surface area contributed by atoms with E-state index in [0.717, 1.165) is 11.8 Å². The molecule has 2 N–H and O–H groups in total. The summed E-state index contributed by atoms with van der Waals surface area (Å²) in [4.78, 5) is 35.9. The zero-order valence-corrected chi connectivity index (χ0v) is 13.9. The molecule has 7 heteroatoms. The number of hydrogen-bond donors (Lipinski definition) is 2. The third-order valence-electron chi connectivity index (χ3n) is 3.56. The van der Waals surface area contributed by atoms with E-state index in [9.17, 15) is 14.4 Å². The minimum Gasteiger partial charge on any atom is -0.463 e. The van der Waals surface area contributed by atoms with Gasteiger partial charge in [-0.1, -0.05) is 24.3 Å². The van der Waals surface area contributed by atoms with E-state index < -0.39 is 11.8 Å². The van der Waals surface area contributed by atoms with Crippen LogP contribution >= 0.6 is 0 Å². The Labute approximate surface area is 148 Å². The largest absolute Gasteiger partial charge is 0.463 e. The first-order valence-electron chi connectivity index (χ1n) is 7.76. The highest BCUT2D eigenvalue weighted by molar-refractivity contribution is 6.39. The van der Waals surface area contributed by atoms with Crippen molar-refractivity contribution in [1.29, 1.82) is 0 Å². The van der Waals surface area contributed by atoms with Crippen molar-refractivity contribution in [3.8, 4) is 0 Å². The van der Waals surface area contributed by atoms with Crippen LogP contribution in [0.5, 0.6) is 0 Å². The average molecular weight is 349 g/mol. The molecular formula is C19H15N3O4. The predicted octanol–water partition coefficient (Wildman–Crippen LogP) is 2.19. The summed E-state index contributed by atoms with van der Waals surface area (Å²) in [7, 11) is 0. The monoisotopic (exact) mass is 349 g/mol. The Bertz CT molecular complexity index is 1070. The van der Waals surface area contributed by atoms with Crippen LogP contribution in [0.25, 0.3) is 11.0 Å². The Balaban J connectivity index is 1.66. The number of hydrazone groups is 1. The minimum atomic E-state index is -0.951. The molecule has 0 saturated heterocycles. The van der Waals surface area contributed by atoms with E-state index >= 15 is 0 Å². The highest BCUT2D eigenvalue weighted by atomic mass is 16.3. The Hall–Kier alpha value is -3.74. The van der Waals surface area contributed by atoms with E-state index in [1.807, 2.05) is 13.0 Å². The first kappa shape index (κ1) is 17.1. The second-order valence-corrected chi connectivity index (χ2v) is 5.54. The maximum Gasteiger partial charge on any atom is 0.329 e. The van der Waals surface area contributed by atoms with Crippen LogP contribution in [0.2, 0.25) is 0 Å². The lowest BCUT2D eigenvalue weighted by Gasteiger charge is -2.04. The van der Waals surface area contributed by atoms with Crippen LogP contribution in [0.15, 0.2) is 69.1 Å². The molecule has 0 aliphatic carbocycles. The van der Waals surface area contributed by atoms with Gasteiger partial charge in [0.2, 0.25) is 5.43 Å². The first-order chi connectivity index (χ1) is 12.5. The van der Waals surface area contributed by atoms with Gasteiger partial charge in [0.15, 0.2) is 0 Å². The smallest absolute Gasteiger partial charge is 0.329 e. The zero-order chi connectivity index (χ0) is 18.5. The molecule has 1 heterocycles. The van der Waals surface area contributed by atoms with E-state index in [1.165, 1.54) is 6.26 Å². The number of aryl methyl sites for hydroxylation is 1. The summed E-state index contributed by atoms with van der Waals surface area (Å²) in [6, 6.07) is 13.8. The number of hydrogen-bond acceptors (Lipinski definition) is 5. The van der Waals surface area contributed by atoms with E-state index in [4.69, 9.17) is 4.42 Å². The summed E-state index contributed by atoms with van der Waals surface area (Å²) in [6.07, 6.45) is 2.38. The van der Waals surface area contributed by atoms with E-state index in [1.54, 1.807) is 42.5 Å². The van der Waals surface area contributed by atoms with Crippen LogP contribution < -0.4 is 16.2 Å². The first-order valence-corrected chi connectivity index (χ1v) is 7.76. The fourth-order valence-corrected chi connectivity index (χ4v) is 2.30. The quantitative estimate of drug-likeness (QED) is 0.430. The number of fused-ring (bicyclic) bond motifs is 1. The Morgan fingerprint density at radius 1 is 1.08 bits per heavy atom. The molecule has 1 aromatic heterocycles. The molecule has 0 radical (unpaired) electrons. The number of para-hydroxylation sites is 1. The van der Waals surface area contributed by atoms with Gasteiger partial charge in [-0.2, -0.15) is 5.10 Å². The average Bonchev–Trinajstić information content (AvgIpc) is 2.63. The summed E-state index contributed by atoms with van der Waals surface area (Å²) >= 11 is 0. The van der Waals surface area contributed by atoms with Crippen molar-refractivity contribution in [3.63, 3.8) is 0 Å². The fourth-order valence-electron chi connectivity index (χ4n) is 2.30. The molecule has 0 aliphatic rings. The standard InChI is InChI=1S/C19H15N3O4/c1-12-5-4-6-14(9-12)21-18(24)19(25)22-20-10-13-11-26-16-8-3-2-7-15(16)17(13)23/h2-11H,1H3,(H,21,24)(H,22,25)/b20-10+. The molecule has 0 atom stereocenters. The number of nitrogens with zero attached hydrogens (tertiary/aromatic N) is 1. The van der Waals surface area contributed by atoms with Crippen LogP contribution in [0.4, 0.5) is 5.69 Å². The lowest BCUT2D eigenvalue weighted by Crippen LogP contribution is -2.32. The van der Waals surface area contributed by atoms with Crippen molar-refractivity contribution in [2.45, 2.75) is 6.92 Å². The molecule has 2 amide bonds. The normalized spacial score (nSPS) is 10.8. The van der Waals surface area contributed by atoms with Crippen LogP contribution in [0.3, 0.4) is 0 Å². The van der Waals surface area contributed by atoms with Gasteiger partial charge in [0.1, 0.15) is 11.8 Å². The van der Waals surface area contributed by atoms with Crippen LogP contribution in [0.1, 0.15) is 11.1 Å². The number of carbonyl (C=O) groups is 2. The number of benzene rings is 2. The van der Waals surface area contributed by atoms with Gasteiger partial charge in [-0.05, 0) is 36.8 Å². The number of rotatable bonds is 3. The van der Waals surface area contributed by atoms with Gasteiger partial charge in [0.05, 0.1) is 17.2 Å². The second kappa shape index (κ2) is 7.43. The maximum atomic E-state index is 12.3. The van der Waals surface area contributed by atoms with Crippen molar-refractivity contribution < 1.29 is 14.0 Å². The number of anilines is 1. The van der Waals surface area contributed by atoms with E-state index in [2.05, 4.69) is 15.8 Å². The zero-order valence-electron chi connectivity index (χ0n) is 13.9. The van der Waals surface area contributed by atoms with Gasteiger partial charge in [-0.15, -0.1) is 0 Å². The van der Waals surface area contributed by atoms with Crippen molar-refractivity contribution >= 4 is 34.7 Å². The Kier molecular flexibility index (Phi) is 4.89. The highest BCUT2D eigenvalue weighted by Crippen LogP contribution is 2.10. The van der Waals surface area contributed by atoms with Gasteiger partial charge in [-0.25, -0.2) is 5.43 Å². The van der Waals surface area contributed by atoms with E-state index in [-0.39, 0.29) is 11.0 Å². The van der Waals surface area contributed by atoms with Crippen LogP contribution in [-0.4, -0.2) is 18.0 Å². The van der Waals surface area contributed by atoms with Gasteiger partial charge in [0.25, 0.3) is 0 Å². The molecule has 0 saturated carbocycles. The highest BCUT2D eigenvalue weighted by Gasteiger charge is 2.13. The summed E-state index contributed by atoms with van der Waals surface area (Å²) in [5.41, 5.74) is 3.86. The lowest BCUT2D eigenvalue weighted by molar-refractivity contribution is -0.136. The molecule has 0 unspecified atom stereocenters. The van der Waals surface area contributed by atoms with Crippen LogP contribution in [0, 0.1) is 6.92 Å². The molecule has 3 aromatic rings. The minimum absolute atomic E-state index is 0.156. The molecule has 3 rings (SSSR count). The Morgan fingerprint density at radius 3 is 2.69 bits per heavy atom. The van der Waals surface area contributed by atoms with Crippen molar-refractivity contribution in [2.24, 2.45) is 5.10 Å². The van der Waals surface area contributed by atoms with Crippen molar-refractivity contribution in [3.05, 3.63) is 76.1 Å². The fraction of sp³-hybridized carbons (Fsp3) is 0.0526. The topological polar surface area (TPSA) is 101 Å². The third-order valence-corrected chi connectivity index (χ3v) is 3.56. The van der Waals surface area contributed by atoms with Gasteiger partial charge in [0, 0.05) is 5.69 Å². The molecule has 0 fully saturated rings. The predicted molar refractivity (Wildman–Crippen MR) is 98.0 cm³/mol. The van der Waals surface area contributed by atoms with Crippen LogP contribution in [-0.2, 0) is 9.59 Å². The molecule has 26 heavy (non-hydrogen) atoms. The number of nitrogens with one attached hydrogen (secondary N) is 2. The SMILES string of the molecule is Cc1cccc(NC(=O)C(=O)N/N=C/c2coc3ccccc3c2=O)c1. The summed E-state index contributed by atoms with van der Waals surface area (Å²) in [5, 5.41) is 6.51. The van der Waals surface area contributed by atoms with Crippen molar-refractivity contribution in [1.82, 2.24) is 5.43 Å². The maximum absolute atomic E-state index is 12.3. The Morgan fingerprint density at radius 2 is 1.88 bits per heavy atom. The molecule has 130 valence electrons. The molecule has 0 spiro atoms. The molecule has 2 aromatic carbocycles. The summed E-state index contributed by atoms with van der Waals surface area (Å²) < 4.78 is 5.34. The molecular weight excluding hydrogens is 334 g/mol. The molecule has 0 aliphatic heterocycles. The number of amides is 2. The molecule has 0 bridgehead atoms. The van der Waals surface area contributed by atoms with Gasteiger partial charge >= 0.3 is 11.8 Å². The number of carbonyl (C=O) groups excluding carboxylic acids is 2.